The van der Waals surface area contributed by atoms with Crippen LogP contribution >= 0.6 is 0 Å². The molecular weight excluding hydrogens is 378 g/mol. The minimum absolute atomic E-state index is 0.0893. The van der Waals surface area contributed by atoms with Gasteiger partial charge in [0.15, 0.2) is 5.78 Å². The molecule has 0 fully saturated rings. The van der Waals surface area contributed by atoms with Gasteiger partial charge in [-0.15, -0.1) is 0 Å². The van der Waals surface area contributed by atoms with Crippen molar-refractivity contribution in [3.8, 4) is 0 Å². The highest BCUT2D eigenvalue weighted by Gasteiger charge is 2.44. The van der Waals surface area contributed by atoms with E-state index in [0.717, 1.165) is 16.8 Å². The molecule has 3 heterocycles. The average Bonchev–Trinajstić information content (AvgIpc) is 2.98. The molecule has 0 saturated heterocycles. The fourth-order valence-corrected chi connectivity index (χ4v) is 4.46. The fourth-order valence-electron chi connectivity index (χ4n) is 4.46. The number of fused-ring (bicyclic) bond motifs is 1. The van der Waals surface area contributed by atoms with E-state index in [2.05, 4.69) is 6.08 Å². The molecule has 0 N–H and O–H groups in total. The Hall–Kier alpha value is -3.73. The number of ketones is 1. The number of hydrogen-bond donors (Lipinski definition) is 0. The highest BCUT2D eigenvalue weighted by Crippen LogP contribution is 2.48. The first-order chi connectivity index (χ1) is 14.3. The van der Waals surface area contributed by atoms with Crippen LogP contribution in [-0.4, -0.2) is 17.2 Å². The molecule has 5 heteroatoms. The lowest BCUT2D eigenvalue weighted by atomic mass is 9.89. The van der Waals surface area contributed by atoms with Crippen LogP contribution in [0.3, 0.4) is 0 Å². The smallest absolute Gasteiger partial charge is 0.347 e. The summed E-state index contributed by atoms with van der Waals surface area (Å²) in [6.45, 7) is 5.96. The Bertz CT molecular complexity index is 1390. The van der Waals surface area contributed by atoms with Crippen molar-refractivity contribution < 1.29 is 14.0 Å². The van der Waals surface area contributed by atoms with E-state index < -0.39 is 16.9 Å². The molecule has 30 heavy (non-hydrogen) atoms. The summed E-state index contributed by atoms with van der Waals surface area (Å²) in [6.07, 6.45) is 3.32. The van der Waals surface area contributed by atoms with Crippen LogP contribution < -0.4 is 10.5 Å². The Morgan fingerprint density at radius 3 is 2.57 bits per heavy atom. The molecule has 5 rings (SSSR count). The zero-order valence-electron chi connectivity index (χ0n) is 16.9. The van der Waals surface area contributed by atoms with Gasteiger partial charge in [-0.05, 0) is 44.6 Å². The van der Waals surface area contributed by atoms with Crippen LogP contribution in [0.2, 0.25) is 0 Å². The number of amides is 1. The molecular formula is C25H19NO4. The van der Waals surface area contributed by atoms with Crippen molar-refractivity contribution in [3.63, 3.8) is 0 Å². The Morgan fingerprint density at radius 1 is 1.03 bits per heavy atom. The molecule has 0 radical (unpaired) electrons. The third-order valence-electron chi connectivity index (χ3n) is 5.74. The molecule has 0 spiro atoms. The molecule has 5 nitrogen and oxygen atoms in total. The van der Waals surface area contributed by atoms with Crippen LogP contribution in [0.1, 0.15) is 42.3 Å². The number of hydrogen-bond acceptors (Lipinski definition) is 4. The molecule has 0 atom stereocenters. The maximum absolute atomic E-state index is 13.3. The highest BCUT2D eigenvalue weighted by molar-refractivity contribution is 6.37. The number of carbonyl (C=O) groups excluding carboxylic acids is 2. The van der Waals surface area contributed by atoms with E-state index >= 15 is 0 Å². The van der Waals surface area contributed by atoms with Gasteiger partial charge in [0.25, 0.3) is 5.91 Å². The van der Waals surface area contributed by atoms with E-state index in [4.69, 9.17) is 4.42 Å². The second-order valence-electron chi connectivity index (χ2n) is 8.23. The summed E-state index contributed by atoms with van der Waals surface area (Å²) in [6, 6.07) is 14.2. The predicted molar refractivity (Wildman–Crippen MR) is 116 cm³/mol. The summed E-state index contributed by atoms with van der Waals surface area (Å²) in [4.78, 5) is 40.5. The number of nitrogens with zero attached hydrogens (tertiary/aromatic N) is 1. The standard InChI is InChI=1S/C25H19NO4/c1-14-13-25(2,3)26-22-16(14)8-6-9-17(22)18(23(26)28)12-20(27)19-11-15-7-4-5-10-21(15)30-24(19)29/h4-13H,1-3H3. The normalized spacial score (nSPS) is 18.0. The van der Waals surface area contributed by atoms with Gasteiger partial charge in [0.1, 0.15) is 11.1 Å². The van der Waals surface area contributed by atoms with E-state index in [0.29, 0.717) is 22.1 Å². The van der Waals surface area contributed by atoms with E-state index in [1.807, 2.05) is 39.0 Å². The van der Waals surface area contributed by atoms with Crippen LogP contribution in [0, 0.1) is 0 Å². The third-order valence-corrected chi connectivity index (χ3v) is 5.74. The van der Waals surface area contributed by atoms with Gasteiger partial charge in [0, 0.05) is 16.5 Å². The van der Waals surface area contributed by atoms with E-state index in [1.54, 1.807) is 29.2 Å². The molecule has 0 bridgehead atoms. The number of anilines is 1. The fraction of sp³-hybridized carbons (Fsp3) is 0.160. The minimum atomic E-state index is -0.714. The Balaban J connectivity index is 1.67. The molecule has 0 saturated carbocycles. The van der Waals surface area contributed by atoms with Gasteiger partial charge in [0.2, 0.25) is 0 Å². The molecule has 0 aliphatic carbocycles. The number of para-hydroxylation sites is 2. The monoisotopic (exact) mass is 397 g/mol. The highest BCUT2D eigenvalue weighted by atomic mass is 16.4. The third kappa shape index (κ3) is 2.52. The maximum atomic E-state index is 13.3. The van der Waals surface area contributed by atoms with E-state index in [-0.39, 0.29) is 11.5 Å². The van der Waals surface area contributed by atoms with Crippen molar-refractivity contribution in [1.29, 1.82) is 0 Å². The van der Waals surface area contributed by atoms with Crippen molar-refractivity contribution >= 4 is 39.5 Å². The van der Waals surface area contributed by atoms with Gasteiger partial charge in [0.05, 0.1) is 16.8 Å². The number of carbonyl (C=O) groups is 2. The lowest BCUT2D eigenvalue weighted by molar-refractivity contribution is -0.113. The number of rotatable bonds is 2. The van der Waals surface area contributed by atoms with Crippen LogP contribution in [0.25, 0.3) is 22.1 Å². The molecule has 2 aromatic carbocycles. The second-order valence-corrected chi connectivity index (χ2v) is 8.23. The van der Waals surface area contributed by atoms with Gasteiger partial charge >= 0.3 is 5.63 Å². The summed E-state index contributed by atoms with van der Waals surface area (Å²) in [5.74, 6) is -0.789. The summed E-state index contributed by atoms with van der Waals surface area (Å²) in [5.41, 5.74) is 2.96. The molecule has 1 aromatic heterocycles. The summed E-state index contributed by atoms with van der Waals surface area (Å²) >= 11 is 0. The van der Waals surface area contributed by atoms with Gasteiger partial charge < -0.3 is 4.42 Å². The second kappa shape index (κ2) is 6.13. The minimum Gasteiger partial charge on any atom is -0.422 e. The maximum Gasteiger partial charge on any atom is 0.347 e. The van der Waals surface area contributed by atoms with Crippen LogP contribution in [-0.2, 0) is 4.79 Å². The average molecular weight is 397 g/mol. The Labute approximate surface area is 172 Å². The first-order valence-corrected chi connectivity index (χ1v) is 9.74. The molecule has 0 unspecified atom stereocenters. The van der Waals surface area contributed by atoms with Crippen molar-refractivity contribution in [2.45, 2.75) is 26.3 Å². The molecule has 2 aliphatic heterocycles. The molecule has 3 aromatic rings. The summed E-state index contributed by atoms with van der Waals surface area (Å²) in [7, 11) is 0. The Kier molecular flexibility index (Phi) is 3.74. The van der Waals surface area contributed by atoms with Crippen LogP contribution in [0.15, 0.2) is 69.9 Å². The topological polar surface area (TPSA) is 67.6 Å². The van der Waals surface area contributed by atoms with Gasteiger partial charge in [-0.3, -0.25) is 14.5 Å². The quantitative estimate of drug-likeness (QED) is 0.360. The molecule has 148 valence electrons. The zero-order valence-corrected chi connectivity index (χ0v) is 16.9. The summed E-state index contributed by atoms with van der Waals surface area (Å²) < 4.78 is 5.28. The van der Waals surface area contributed by atoms with Crippen molar-refractivity contribution in [2.24, 2.45) is 0 Å². The number of allylic oxidation sites excluding steroid dienone is 2. The van der Waals surface area contributed by atoms with Crippen LogP contribution in [0.4, 0.5) is 5.69 Å². The van der Waals surface area contributed by atoms with Crippen LogP contribution in [0.5, 0.6) is 0 Å². The zero-order chi connectivity index (χ0) is 21.2. The number of benzene rings is 2. The van der Waals surface area contributed by atoms with Gasteiger partial charge in [-0.2, -0.15) is 0 Å². The van der Waals surface area contributed by atoms with E-state index in [1.165, 1.54) is 12.1 Å². The van der Waals surface area contributed by atoms with Crippen molar-refractivity contribution in [2.75, 3.05) is 4.90 Å². The van der Waals surface area contributed by atoms with E-state index in [9.17, 15) is 14.4 Å². The lowest BCUT2D eigenvalue weighted by Crippen LogP contribution is -2.46. The molecule has 2 aliphatic rings. The van der Waals surface area contributed by atoms with Gasteiger partial charge in [-0.1, -0.05) is 42.5 Å². The first kappa shape index (κ1) is 18.3. The van der Waals surface area contributed by atoms with Gasteiger partial charge in [-0.25, -0.2) is 4.79 Å². The van der Waals surface area contributed by atoms with Crippen molar-refractivity contribution in [1.82, 2.24) is 0 Å². The SMILES string of the molecule is CC1=CC(C)(C)N2C(=O)C(=CC(=O)c3cc4ccccc4oc3=O)c3cccc1c32. The first-order valence-electron chi connectivity index (χ1n) is 9.74. The lowest BCUT2D eigenvalue weighted by Gasteiger charge is -2.38. The van der Waals surface area contributed by atoms with Crippen molar-refractivity contribution in [3.05, 3.63) is 87.8 Å². The predicted octanol–water partition coefficient (Wildman–Crippen LogP) is 4.60. The summed E-state index contributed by atoms with van der Waals surface area (Å²) in [5, 5.41) is 0.653. The Morgan fingerprint density at radius 2 is 1.77 bits per heavy atom. The molecule has 1 amide bonds. The largest absolute Gasteiger partial charge is 0.422 e.